The largest absolute Gasteiger partial charge is 0.355 e. The number of aryl methyl sites for hydroxylation is 1. The standard InChI is InChI=1S/C20H26N4O2S2/c1-14(25)23-8-10-24(11-9-23)20-22-17-5-4-15(13-18(17)28-20)19(26)21-7-6-16-3-2-12-27-16/h2-3,12,15H,4-11,13H2,1H3,(H,21,26)/t15-/m1/s1. The maximum Gasteiger partial charge on any atom is 0.223 e. The number of aromatic nitrogens is 1. The molecule has 6 nitrogen and oxygen atoms in total. The second-order valence-corrected chi connectivity index (χ2v) is 9.51. The highest BCUT2D eigenvalue weighted by atomic mass is 32.1. The first kappa shape index (κ1) is 19.4. The van der Waals surface area contributed by atoms with Gasteiger partial charge in [0, 0.05) is 55.3 Å². The summed E-state index contributed by atoms with van der Waals surface area (Å²) in [5.41, 5.74) is 1.16. The smallest absolute Gasteiger partial charge is 0.223 e. The Kier molecular flexibility index (Phi) is 5.96. The van der Waals surface area contributed by atoms with Gasteiger partial charge in [-0.1, -0.05) is 6.07 Å². The third kappa shape index (κ3) is 4.38. The number of rotatable bonds is 5. The molecule has 8 heteroatoms. The molecule has 0 aromatic carbocycles. The van der Waals surface area contributed by atoms with Crippen molar-refractivity contribution in [2.24, 2.45) is 5.92 Å². The average Bonchev–Trinajstić information content (AvgIpc) is 3.37. The SMILES string of the molecule is CC(=O)N1CCN(c2nc3c(s2)C[C@H](C(=O)NCCc2cccs2)CC3)CC1. The summed E-state index contributed by atoms with van der Waals surface area (Å²) in [4.78, 5) is 35.7. The van der Waals surface area contributed by atoms with Gasteiger partial charge in [0.25, 0.3) is 0 Å². The number of carbonyl (C=O) groups is 2. The van der Waals surface area contributed by atoms with Crippen LogP contribution in [0.3, 0.4) is 0 Å². The number of hydrogen-bond acceptors (Lipinski definition) is 6. The lowest BCUT2D eigenvalue weighted by Gasteiger charge is -2.33. The number of carbonyl (C=O) groups excluding carboxylic acids is 2. The molecule has 2 aromatic rings. The van der Waals surface area contributed by atoms with Gasteiger partial charge in [-0.2, -0.15) is 0 Å². The number of amides is 2. The molecule has 3 heterocycles. The molecule has 0 saturated carbocycles. The molecule has 2 aromatic heterocycles. The molecule has 1 aliphatic carbocycles. The molecule has 0 spiro atoms. The molecule has 1 saturated heterocycles. The molecule has 0 radical (unpaired) electrons. The van der Waals surface area contributed by atoms with E-state index in [1.807, 2.05) is 11.0 Å². The van der Waals surface area contributed by atoms with E-state index in [-0.39, 0.29) is 17.7 Å². The first-order valence-electron chi connectivity index (χ1n) is 9.89. The second kappa shape index (κ2) is 8.61. The van der Waals surface area contributed by atoms with Gasteiger partial charge in [0.2, 0.25) is 11.8 Å². The van der Waals surface area contributed by atoms with Crippen LogP contribution in [0.25, 0.3) is 0 Å². The van der Waals surface area contributed by atoms with Gasteiger partial charge in [-0.25, -0.2) is 4.98 Å². The molecular weight excluding hydrogens is 392 g/mol. The van der Waals surface area contributed by atoms with Gasteiger partial charge < -0.3 is 15.1 Å². The van der Waals surface area contributed by atoms with Crippen molar-refractivity contribution in [3.05, 3.63) is 33.0 Å². The Labute approximate surface area is 173 Å². The molecular formula is C20H26N4O2S2. The molecule has 1 atom stereocenters. The summed E-state index contributed by atoms with van der Waals surface area (Å²) in [6, 6.07) is 4.16. The Hall–Kier alpha value is -1.93. The molecule has 2 amide bonds. The predicted octanol–water partition coefficient (Wildman–Crippen LogP) is 2.34. The van der Waals surface area contributed by atoms with Crippen molar-refractivity contribution in [3.8, 4) is 0 Å². The highest BCUT2D eigenvalue weighted by molar-refractivity contribution is 7.15. The van der Waals surface area contributed by atoms with E-state index in [2.05, 4.69) is 21.7 Å². The number of nitrogens with one attached hydrogen (secondary N) is 1. The number of thiazole rings is 1. The van der Waals surface area contributed by atoms with Crippen LogP contribution in [0.4, 0.5) is 5.13 Å². The second-order valence-electron chi connectivity index (χ2n) is 7.42. The zero-order valence-electron chi connectivity index (χ0n) is 16.1. The summed E-state index contributed by atoms with van der Waals surface area (Å²) < 4.78 is 0. The van der Waals surface area contributed by atoms with Crippen molar-refractivity contribution in [3.63, 3.8) is 0 Å². The number of anilines is 1. The Morgan fingerprint density at radius 2 is 2.11 bits per heavy atom. The van der Waals surface area contributed by atoms with Crippen molar-refractivity contribution in [2.45, 2.75) is 32.6 Å². The molecule has 2 aliphatic rings. The fourth-order valence-corrected chi connectivity index (χ4v) is 5.79. The topological polar surface area (TPSA) is 65.5 Å². The molecule has 0 bridgehead atoms. The summed E-state index contributed by atoms with van der Waals surface area (Å²) in [6.07, 6.45) is 3.45. The van der Waals surface area contributed by atoms with Crippen LogP contribution >= 0.6 is 22.7 Å². The minimum absolute atomic E-state index is 0.0543. The first-order chi connectivity index (χ1) is 13.6. The van der Waals surface area contributed by atoms with Crippen molar-refractivity contribution in [2.75, 3.05) is 37.6 Å². The maximum atomic E-state index is 12.6. The van der Waals surface area contributed by atoms with Gasteiger partial charge in [0.15, 0.2) is 5.13 Å². The quantitative estimate of drug-likeness (QED) is 0.809. The first-order valence-corrected chi connectivity index (χ1v) is 11.6. The number of nitrogens with zero attached hydrogens (tertiary/aromatic N) is 3. The highest BCUT2D eigenvalue weighted by Gasteiger charge is 2.29. The fourth-order valence-electron chi connectivity index (χ4n) is 3.84. The van der Waals surface area contributed by atoms with E-state index in [0.717, 1.165) is 62.7 Å². The van der Waals surface area contributed by atoms with Crippen molar-refractivity contribution in [1.29, 1.82) is 0 Å². The number of piperazine rings is 1. The normalized spacial score (nSPS) is 19.4. The molecule has 28 heavy (non-hydrogen) atoms. The summed E-state index contributed by atoms with van der Waals surface area (Å²) in [5, 5.41) is 6.23. The van der Waals surface area contributed by atoms with Crippen LogP contribution in [-0.4, -0.2) is 54.4 Å². The fraction of sp³-hybridized carbons (Fsp3) is 0.550. The molecule has 1 aliphatic heterocycles. The third-order valence-electron chi connectivity index (χ3n) is 5.55. The van der Waals surface area contributed by atoms with Gasteiger partial charge >= 0.3 is 0 Å². The van der Waals surface area contributed by atoms with Crippen molar-refractivity contribution in [1.82, 2.24) is 15.2 Å². The van der Waals surface area contributed by atoms with E-state index in [1.165, 1.54) is 9.75 Å². The molecule has 0 unspecified atom stereocenters. The molecule has 4 rings (SSSR count). The Morgan fingerprint density at radius 1 is 1.29 bits per heavy atom. The highest BCUT2D eigenvalue weighted by Crippen LogP contribution is 2.34. The van der Waals surface area contributed by atoms with E-state index >= 15 is 0 Å². The van der Waals surface area contributed by atoms with Crippen LogP contribution in [0.1, 0.15) is 28.8 Å². The van der Waals surface area contributed by atoms with Gasteiger partial charge in [0.1, 0.15) is 0 Å². The predicted molar refractivity (Wildman–Crippen MR) is 113 cm³/mol. The number of fused-ring (bicyclic) bond motifs is 1. The summed E-state index contributed by atoms with van der Waals surface area (Å²) in [7, 11) is 0. The molecule has 1 N–H and O–H groups in total. The van der Waals surface area contributed by atoms with E-state index in [4.69, 9.17) is 4.98 Å². The minimum Gasteiger partial charge on any atom is -0.355 e. The summed E-state index contributed by atoms with van der Waals surface area (Å²) >= 11 is 3.46. The van der Waals surface area contributed by atoms with Crippen LogP contribution in [0.2, 0.25) is 0 Å². The van der Waals surface area contributed by atoms with Gasteiger partial charge in [0.05, 0.1) is 5.69 Å². The van der Waals surface area contributed by atoms with E-state index < -0.39 is 0 Å². The van der Waals surface area contributed by atoms with Crippen LogP contribution in [-0.2, 0) is 28.9 Å². The Bertz CT molecular complexity index is 825. The van der Waals surface area contributed by atoms with Gasteiger partial charge in [-0.05, 0) is 37.1 Å². The maximum absolute atomic E-state index is 12.6. The van der Waals surface area contributed by atoms with Crippen molar-refractivity contribution < 1.29 is 9.59 Å². The number of hydrogen-bond donors (Lipinski definition) is 1. The third-order valence-corrected chi connectivity index (χ3v) is 7.66. The van der Waals surface area contributed by atoms with E-state index in [1.54, 1.807) is 29.6 Å². The zero-order chi connectivity index (χ0) is 19.5. The van der Waals surface area contributed by atoms with Crippen LogP contribution in [0.5, 0.6) is 0 Å². The zero-order valence-corrected chi connectivity index (χ0v) is 17.8. The number of thiophene rings is 1. The van der Waals surface area contributed by atoms with Crippen LogP contribution < -0.4 is 10.2 Å². The van der Waals surface area contributed by atoms with Crippen LogP contribution in [0, 0.1) is 5.92 Å². The van der Waals surface area contributed by atoms with Gasteiger partial charge in [-0.3, -0.25) is 9.59 Å². The minimum atomic E-state index is 0.0543. The van der Waals surface area contributed by atoms with Gasteiger partial charge in [-0.15, -0.1) is 22.7 Å². The lowest BCUT2D eigenvalue weighted by Crippen LogP contribution is -2.48. The van der Waals surface area contributed by atoms with Crippen molar-refractivity contribution >= 4 is 39.6 Å². The summed E-state index contributed by atoms with van der Waals surface area (Å²) in [6.45, 7) is 5.52. The monoisotopic (exact) mass is 418 g/mol. The lowest BCUT2D eigenvalue weighted by atomic mass is 9.90. The molecule has 1 fully saturated rings. The molecule has 150 valence electrons. The Morgan fingerprint density at radius 3 is 2.82 bits per heavy atom. The average molecular weight is 419 g/mol. The van der Waals surface area contributed by atoms with Crippen LogP contribution in [0.15, 0.2) is 17.5 Å². The Balaban J connectivity index is 1.30. The van der Waals surface area contributed by atoms with E-state index in [9.17, 15) is 9.59 Å². The lowest BCUT2D eigenvalue weighted by molar-refractivity contribution is -0.129. The summed E-state index contributed by atoms with van der Waals surface area (Å²) in [5.74, 6) is 0.372. The van der Waals surface area contributed by atoms with E-state index in [0.29, 0.717) is 6.54 Å².